The first-order chi connectivity index (χ1) is 10.2. The highest BCUT2D eigenvalue weighted by molar-refractivity contribution is 5.83. The fraction of sp³-hybridized carbons (Fsp3) is 0.647. The number of nitrogens with zero attached hydrogens (tertiary/aromatic N) is 2. The number of rotatable bonds is 4. The van der Waals surface area contributed by atoms with E-state index in [9.17, 15) is 4.79 Å². The molecule has 4 nitrogen and oxygen atoms in total. The summed E-state index contributed by atoms with van der Waals surface area (Å²) in [6.07, 6.45) is 5.55. The monoisotopic (exact) mass is 287 g/mol. The van der Waals surface area contributed by atoms with Gasteiger partial charge in [-0.2, -0.15) is 0 Å². The Bertz CT molecular complexity index is 488. The van der Waals surface area contributed by atoms with Crippen LogP contribution in [0.3, 0.4) is 0 Å². The zero-order valence-electron chi connectivity index (χ0n) is 13.0. The number of fused-ring (bicyclic) bond motifs is 1. The average molecular weight is 287 g/mol. The molecule has 1 amide bonds. The van der Waals surface area contributed by atoms with E-state index in [0.717, 1.165) is 12.2 Å². The van der Waals surface area contributed by atoms with Crippen LogP contribution in [0, 0.1) is 11.8 Å². The Balaban J connectivity index is 1.73. The molecule has 0 spiro atoms. The van der Waals surface area contributed by atoms with Crippen molar-refractivity contribution in [3.63, 3.8) is 0 Å². The molecule has 2 aliphatic rings. The molecule has 1 aliphatic heterocycles. The molecule has 2 fully saturated rings. The number of aromatic nitrogens is 1. The first kappa shape index (κ1) is 14.5. The molecular weight excluding hydrogens is 262 g/mol. The number of pyridine rings is 1. The quantitative estimate of drug-likeness (QED) is 0.923. The lowest BCUT2D eigenvalue weighted by Crippen LogP contribution is -2.48. The van der Waals surface area contributed by atoms with Crippen molar-refractivity contribution >= 4 is 5.91 Å². The molecule has 1 saturated carbocycles. The van der Waals surface area contributed by atoms with E-state index in [0.29, 0.717) is 18.4 Å². The molecule has 21 heavy (non-hydrogen) atoms. The molecule has 4 heteroatoms. The van der Waals surface area contributed by atoms with Crippen LogP contribution in [-0.4, -0.2) is 34.4 Å². The Morgan fingerprint density at radius 3 is 3.00 bits per heavy atom. The minimum Gasteiger partial charge on any atom is -0.333 e. The maximum atomic E-state index is 13.0. The number of hydrogen-bond donors (Lipinski definition) is 1. The van der Waals surface area contributed by atoms with Crippen LogP contribution in [-0.2, 0) is 11.3 Å². The fourth-order valence-corrected chi connectivity index (χ4v) is 3.82. The van der Waals surface area contributed by atoms with Crippen LogP contribution in [0.25, 0.3) is 0 Å². The van der Waals surface area contributed by atoms with E-state index in [1.165, 1.54) is 19.3 Å². The summed E-state index contributed by atoms with van der Waals surface area (Å²) >= 11 is 0. The van der Waals surface area contributed by atoms with Crippen LogP contribution >= 0.6 is 0 Å². The molecule has 0 radical (unpaired) electrons. The second kappa shape index (κ2) is 6.14. The van der Waals surface area contributed by atoms with Crippen molar-refractivity contribution in [2.45, 2.75) is 51.7 Å². The van der Waals surface area contributed by atoms with Gasteiger partial charge < -0.3 is 10.2 Å². The van der Waals surface area contributed by atoms with E-state index in [2.05, 4.69) is 24.1 Å². The van der Waals surface area contributed by atoms with Crippen molar-refractivity contribution in [3.8, 4) is 0 Å². The number of nitrogens with one attached hydrogen (secondary N) is 1. The van der Waals surface area contributed by atoms with Crippen molar-refractivity contribution in [2.75, 3.05) is 6.54 Å². The SMILES string of the molecule is CC(C)N(Cc1ccccn1)C(=O)C1NCC2CCCC21. The third-order valence-corrected chi connectivity index (χ3v) is 4.98. The zero-order valence-corrected chi connectivity index (χ0v) is 13.0. The molecule has 1 aliphatic carbocycles. The zero-order chi connectivity index (χ0) is 14.8. The van der Waals surface area contributed by atoms with Crippen molar-refractivity contribution in [2.24, 2.45) is 11.8 Å². The highest BCUT2D eigenvalue weighted by atomic mass is 16.2. The minimum atomic E-state index is 0.0172. The van der Waals surface area contributed by atoms with Crippen molar-refractivity contribution in [1.82, 2.24) is 15.2 Å². The Kier molecular flexibility index (Phi) is 4.24. The van der Waals surface area contributed by atoms with Crippen molar-refractivity contribution in [3.05, 3.63) is 30.1 Å². The molecule has 0 aromatic carbocycles. The van der Waals surface area contributed by atoms with Crippen LogP contribution < -0.4 is 5.32 Å². The standard InChI is InChI=1S/C17H25N3O/c1-12(2)20(11-14-7-3-4-9-18-14)17(21)16-15-8-5-6-13(15)10-19-16/h3-4,7,9,12-13,15-16,19H,5-6,8,10-11H2,1-2H3. The van der Waals surface area contributed by atoms with Crippen LogP contribution in [0.5, 0.6) is 0 Å². The van der Waals surface area contributed by atoms with Gasteiger partial charge in [0.2, 0.25) is 5.91 Å². The highest BCUT2D eigenvalue weighted by Gasteiger charge is 2.44. The first-order valence-corrected chi connectivity index (χ1v) is 8.10. The third kappa shape index (κ3) is 2.95. The first-order valence-electron chi connectivity index (χ1n) is 8.10. The topological polar surface area (TPSA) is 45.2 Å². The van der Waals surface area contributed by atoms with Gasteiger partial charge in [-0.15, -0.1) is 0 Å². The number of amides is 1. The number of hydrogen-bond acceptors (Lipinski definition) is 3. The Labute approximate surface area is 126 Å². The molecule has 0 bridgehead atoms. The lowest BCUT2D eigenvalue weighted by molar-refractivity contribution is -0.136. The second-order valence-electron chi connectivity index (χ2n) is 6.62. The lowest BCUT2D eigenvalue weighted by Gasteiger charge is -2.31. The normalized spacial score (nSPS) is 27.9. The predicted molar refractivity (Wildman–Crippen MR) is 82.5 cm³/mol. The van der Waals surface area contributed by atoms with Gasteiger partial charge in [0, 0.05) is 12.2 Å². The predicted octanol–water partition coefficient (Wildman–Crippen LogP) is 2.21. The highest BCUT2D eigenvalue weighted by Crippen LogP contribution is 2.38. The molecule has 3 atom stereocenters. The molecule has 2 heterocycles. The lowest BCUT2D eigenvalue weighted by atomic mass is 9.93. The molecular formula is C17H25N3O. The third-order valence-electron chi connectivity index (χ3n) is 4.98. The minimum absolute atomic E-state index is 0.0172. The summed E-state index contributed by atoms with van der Waals surface area (Å²) in [6, 6.07) is 6.09. The van der Waals surface area contributed by atoms with Gasteiger partial charge in [-0.25, -0.2) is 0 Å². The van der Waals surface area contributed by atoms with E-state index < -0.39 is 0 Å². The molecule has 114 valence electrons. The van der Waals surface area contributed by atoms with Crippen LogP contribution in [0.2, 0.25) is 0 Å². The van der Waals surface area contributed by atoms with Gasteiger partial charge in [0.15, 0.2) is 0 Å². The van der Waals surface area contributed by atoms with Gasteiger partial charge in [0.25, 0.3) is 0 Å². The molecule has 3 rings (SSSR count). The van der Waals surface area contributed by atoms with Crippen LogP contribution in [0.15, 0.2) is 24.4 Å². The Morgan fingerprint density at radius 1 is 1.43 bits per heavy atom. The van der Waals surface area contributed by atoms with Gasteiger partial charge in [-0.3, -0.25) is 9.78 Å². The fourth-order valence-electron chi connectivity index (χ4n) is 3.82. The smallest absolute Gasteiger partial charge is 0.240 e. The van der Waals surface area contributed by atoms with Gasteiger partial charge >= 0.3 is 0 Å². The van der Waals surface area contributed by atoms with Crippen LogP contribution in [0.1, 0.15) is 38.8 Å². The largest absolute Gasteiger partial charge is 0.333 e. The van der Waals surface area contributed by atoms with Crippen LogP contribution in [0.4, 0.5) is 0 Å². The Morgan fingerprint density at radius 2 is 2.29 bits per heavy atom. The molecule has 3 unspecified atom stereocenters. The van der Waals surface area contributed by atoms with E-state index in [-0.39, 0.29) is 18.0 Å². The molecule has 1 aromatic rings. The average Bonchev–Trinajstić information content (AvgIpc) is 3.07. The Hall–Kier alpha value is -1.42. The maximum Gasteiger partial charge on any atom is 0.240 e. The molecule has 1 N–H and O–H groups in total. The van der Waals surface area contributed by atoms with E-state index in [4.69, 9.17) is 0 Å². The second-order valence-corrected chi connectivity index (χ2v) is 6.62. The molecule has 1 saturated heterocycles. The van der Waals surface area contributed by atoms with E-state index in [1.807, 2.05) is 23.1 Å². The molecule has 1 aromatic heterocycles. The van der Waals surface area contributed by atoms with Crippen molar-refractivity contribution in [1.29, 1.82) is 0 Å². The number of carbonyl (C=O) groups is 1. The van der Waals surface area contributed by atoms with Gasteiger partial charge in [-0.05, 0) is 57.2 Å². The summed E-state index contributed by atoms with van der Waals surface area (Å²) < 4.78 is 0. The maximum absolute atomic E-state index is 13.0. The summed E-state index contributed by atoms with van der Waals surface area (Å²) in [5.74, 6) is 1.51. The van der Waals surface area contributed by atoms with E-state index >= 15 is 0 Å². The van der Waals surface area contributed by atoms with Gasteiger partial charge in [-0.1, -0.05) is 12.5 Å². The number of carbonyl (C=O) groups excluding carboxylic acids is 1. The van der Waals surface area contributed by atoms with E-state index in [1.54, 1.807) is 6.20 Å². The summed E-state index contributed by atoms with van der Waals surface area (Å²) in [6.45, 7) is 5.79. The van der Waals surface area contributed by atoms with Crippen molar-refractivity contribution < 1.29 is 4.79 Å². The van der Waals surface area contributed by atoms with Gasteiger partial charge in [0.1, 0.15) is 0 Å². The summed E-state index contributed by atoms with van der Waals surface area (Å²) in [4.78, 5) is 19.3. The summed E-state index contributed by atoms with van der Waals surface area (Å²) in [5, 5.41) is 3.47. The summed E-state index contributed by atoms with van der Waals surface area (Å²) in [5.41, 5.74) is 0.959. The summed E-state index contributed by atoms with van der Waals surface area (Å²) in [7, 11) is 0. The van der Waals surface area contributed by atoms with Gasteiger partial charge in [0.05, 0.1) is 18.3 Å².